The first-order valence-corrected chi connectivity index (χ1v) is 7.41. The molecule has 3 unspecified atom stereocenters. The highest BCUT2D eigenvalue weighted by Gasteiger charge is 2.44. The van der Waals surface area contributed by atoms with Crippen molar-refractivity contribution in [1.82, 2.24) is 10.2 Å². The van der Waals surface area contributed by atoms with Crippen LogP contribution in [0.15, 0.2) is 0 Å². The summed E-state index contributed by atoms with van der Waals surface area (Å²) in [5, 5.41) is 12.8. The lowest BCUT2D eigenvalue weighted by molar-refractivity contribution is -0.148. The molecule has 1 heterocycles. The number of ether oxygens (including phenoxy) is 1. The summed E-state index contributed by atoms with van der Waals surface area (Å²) in [7, 11) is 0. The summed E-state index contributed by atoms with van der Waals surface area (Å²) in [5.41, 5.74) is -0.723. The summed E-state index contributed by atoms with van der Waals surface area (Å²) < 4.78 is 5.57. The van der Waals surface area contributed by atoms with Crippen molar-refractivity contribution >= 4 is 5.97 Å². The van der Waals surface area contributed by atoms with Crippen molar-refractivity contribution in [2.75, 3.05) is 26.2 Å². The third kappa shape index (κ3) is 3.27. The lowest BCUT2D eigenvalue weighted by atomic mass is 9.78. The van der Waals surface area contributed by atoms with E-state index in [-0.39, 0.29) is 6.10 Å². The van der Waals surface area contributed by atoms with Crippen molar-refractivity contribution in [2.24, 2.45) is 0 Å². The second-order valence-electron chi connectivity index (χ2n) is 5.84. The molecule has 3 atom stereocenters. The molecule has 0 aromatic carbocycles. The van der Waals surface area contributed by atoms with Gasteiger partial charge in [0.05, 0.1) is 12.7 Å². The quantitative estimate of drug-likeness (QED) is 0.800. The van der Waals surface area contributed by atoms with Crippen LogP contribution in [0.3, 0.4) is 0 Å². The Morgan fingerprint density at radius 1 is 1.58 bits per heavy atom. The van der Waals surface area contributed by atoms with Gasteiger partial charge < -0.3 is 15.2 Å². The molecule has 110 valence electrons. The second-order valence-corrected chi connectivity index (χ2v) is 5.84. The summed E-state index contributed by atoms with van der Waals surface area (Å²) in [6, 6.07) is 0.371. The lowest BCUT2D eigenvalue weighted by Gasteiger charge is -2.45. The maximum atomic E-state index is 11.7. The first-order chi connectivity index (χ1) is 9.07. The van der Waals surface area contributed by atoms with Gasteiger partial charge >= 0.3 is 5.97 Å². The average molecular weight is 270 g/mol. The van der Waals surface area contributed by atoms with Gasteiger partial charge in [-0.15, -0.1) is 0 Å². The average Bonchev–Trinajstić information content (AvgIpc) is 2.39. The van der Waals surface area contributed by atoms with Gasteiger partial charge in [0.2, 0.25) is 0 Å². The molecule has 0 aromatic heterocycles. The number of nitrogens with one attached hydrogen (secondary N) is 1. The molecule has 0 radical (unpaired) electrons. The number of carboxylic acid groups (broad SMARTS) is 1. The maximum absolute atomic E-state index is 11.7. The predicted molar refractivity (Wildman–Crippen MR) is 73.3 cm³/mol. The molecule has 5 nitrogen and oxygen atoms in total. The van der Waals surface area contributed by atoms with Gasteiger partial charge in [0.15, 0.2) is 0 Å². The first kappa shape index (κ1) is 14.8. The monoisotopic (exact) mass is 270 g/mol. The van der Waals surface area contributed by atoms with E-state index in [1.807, 2.05) is 6.92 Å². The smallest absolute Gasteiger partial charge is 0.323 e. The molecule has 19 heavy (non-hydrogen) atoms. The maximum Gasteiger partial charge on any atom is 0.323 e. The molecule has 2 N–H and O–H groups in total. The highest BCUT2D eigenvalue weighted by atomic mass is 16.5. The standard InChI is InChI=1S/C14H26N2O3/c1-3-15-14(13(17)18)6-4-5-12(9-14)16-7-8-19-11(2)10-16/h11-12,15H,3-10H2,1-2H3,(H,17,18). The van der Waals surface area contributed by atoms with E-state index in [1.54, 1.807) is 0 Å². The van der Waals surface area contributed by atoms with E-state index < -0.39 is 11.5 Å². The largest absolute Gasteiger partial charge is 0.480 e. The van der Waals surface area contributed by atoms with Crippen LogP contribution in [0.2, 0.25) is 0 Å². The van der Waals surface area contributed by atoms with Gasteiger partial charge in [-0.05, 0) is 39.2 Å². The molecular weight excluding hydrogens is 244 g/mol. The Labute approximate surface area is 115 Å². The Bertz CT molecular complexity index is 320. The number of hydrogen-bond acceptors (Lipinski definition) is 4. The van der Waals surface area contributed by atoms with Crippen molar-refractivity contribution in [2.45, 2.75) is 57.2 Å². The minimum Gasteiger partial charge on any atom is -0.480 e. The minimum atomic E-state index is -0.723. The normalized spacial score (nSPS) is 37.2. The summed E-state index contributed by atoms with van der Waals surface area (Å²) >= 11 is 0. The van der Waals surface area contributed by atoms with Crippen molar-refractivity contribution in [1.29, 1.82) is 0 Å². The van der Waals surface area contributed by atoms with E-state index in [9.17, 15) is 9.90 Å². The zero-order valence-electron chi connectivity index (χ0n) is 12.0. The summed E-state index contributed by atoms with van der Waals surface area (Å²) in [4.78, 5) is 14.1. The number of likely N-dealkylation sites (N-methyl/N-ethyl adjacent to an activating group) is 1. The van der Waals surface area contributed by atoms with Crippen LogP contribution < -0.4 is 5.32 Å². The van der Waals surface area contributed by atoms with Gasteiger partial charge in [0, 0.05) is 19.1 Å². The second kappa shape index (κ2) is 6.20. The highest BCUT2D eigenvalue weighted by Crippen LogP contribution is 2.32. The lowest BCUT2D eigenvalue weighted by Crippen LogP contribution is -2.59. The molecular formula is C14H26N2O3. The van der Waals surface area contributed by atoms with Gasteiger partial charge in [-0.25, -0.2) is 0 Å². The Kier molecular flexibility index (Phi) is 4.81. The van der Waals surface area contributed by atoms with Crippen molar-refractivity contribution in [3.05, 3.63) is 0 Å². The van der Waals surface area contributed by atoms with E-state index in [0.29, 0.717) is 19.0 Å². The van der Waals surface area contributed by atoms with E-state index in [2.05, 4.69) is 17.1 Å². The van der Waals surface area contributed by atoms with Crippen LogP contribution in [-0.2, 0) is 9.53 Å². The van der Waals surface area contributed by atoms with Crippen LogP contribution in [0.1, 0.15) is 39.5 Å². The van der Waals surface area contributed by atoms with Crippen molar-refractivity contribution < 1.29 is 14.6 Å². The zero-order valence-corrected chi connectivity index (χ0v) is 12.0. The fraction of sp³-hybridized carbons (Fsp3) is 0.929. The number of morpholine rings is 1. The minimum absolute atomic E-state index is 0.258. The Morgan fingerprint density at radius 3 is 3.00 bits per heavy atom. The van der Waals surface area contributed by atoms with Crippen LogP contribution in [0.5, 0.6) is 0 Å². The Balaban J connectivity index is 2.04. The molecule has 0 aromatic rings. The molecule has 1 aliphatic heterocycles. The third-order valence-electron chi connectivity index (χ3n) is 4.44. The van der Waals surface area contributed by atoms with Gasteiger partial charge in [-0.3, -0.25) is 9.69 Å². The number of hydrogen-bond donors (Lipinski definition) is 2. The molecule has 5 heteroatoms. The highest BCUT2D eigenvalue weighted by molar-refractivity contribution is 5.79. The summed E-state index contributed by atoms with van der Waals surface area (Å²) in [6.45, 7) is 7.38. The van der Waals surface area contributed by atoms with Gasteiger partial charge in [-0.1, -0.05) is 6.92 Å². The molecule has 2 fully saturated rings. The first-order valence-electron chi connectivity index (χ1n) is 7.41. The van der Waals surface area contributed by atoms with E-state index >= 15 is 0 Å². The molecule has 1 saturated carbocycles. The van der Waals surface area contributed by atoms with Crippen LogP contribution in [0.4, 0.5) is 0 Å². The number of aliphatic carboxylic acids is 1. The predicted octanol–water partition coefficient (Wildman–Crippen LogP) is 1.08. The third-order valence-corrected chi connectivity index (χ3v) is 4.44. The SMILES string of the molecule is CCNC1(C(=O)O)CCCC(N2CCOC(C)C2)C1. The molecule has 2 aliphatic rings. The summed E-state index contributed by atoms with van der Waals surface area (Å²) in [5.74, 6) is -0.694. The van der Waals surface area contributed by atoms with E-state index in [4.69, 9.17) is 4.74 Å². The fourth-order valence-corrected chi connectivity index (χ4v) is 3.50. The van der Waals surface area contributed by atoms with Crippen LogP contribution in [0.25, 0.3) is 0 Å². The number of carboxylic acids is 1. The topological polar surface area (TPSA) is 61.8 Å². The summed E-state index contributed by atoms with van der Waals surface area (Å²) in [6.07, 6.45) is 3.80. The van der Waals surface area contributed by atoms with Crippen LogP contribution in [-0.4, -0.2) is 59.9 Å². The van der Waals surface area contributed by atoms with E-state index in [0.717, 1.165) is 39.0 Å². The van der Waals surface area contributed by atoms with Crippen LogP contribution >= 0.6 is 0 Å². The van der Waals surface area contributed by atoms with Gasteiger partial charge in [-0.2, -0.15) is 0 Å². The number of carbonyl (C=O) groups is 1. The number of nitrogens with zero attached hydrogens (tertiary/aromatic N) is 1. The fourth-order valence-electron chi connectivity index (χ4n) is 3.50. The zero-order chi connectivity index (χ0) is 13.9. The van der Waals surface area contributed by atoms with Crippen molar-refractivity contribution in [3.8, 4) is 0 Å². The van der Waals surface area contributed by atoms with Gasteiger partial charge in [0.25, 0.3) is 0 Å². The molecule has 1 aliphatic carbocycles. The van der Waals surface area contributed by atoms with Gasteiger partial charge in [0.1, 0.15) is 5.54 Å². The van der Waals surface area contributed by atoms with Crippen molar-refractivity contribution in [3.63, 3.8) is 0 Å². The molecule has 2 rings (SSSR count). The Morgan fingerprint density at radius 2 is 2.37 bits per heavy atom. The molecule has 0 amide bonds. The number of rotatable bonds is 4. The Hall–Kier alpha value is -0.650. The molecule has 0 spiro atoms. The molecule has 0 bridgehead atoms. The van der Waals surface area contributed by atoms with Crippen LogP contribution in [0, 0.1) is 0 Å². The van der Waals surface area contributed by atoms with E-state index in [1.165, 1.54) is 0 Å². The molecule has 1 saturated heterocycles.